The molecule has 1 aromatic carbocycles. The van der Waals surface area contributed by atoms with Crippen molar-refractivity contribution >= 4 is 21.6 Å². The van der Waals surface area contributed by atoms with Crippen molar-refractivity contribution in [3.63, 3.8) is 0 Å². The number of rotatable bonds is 8. The summed E-state index contributed by atoms with van der Waals surface area (Å²) >= 11 is 0. The van der Waals surface area contributed by atoms with Crippen LogP contribution in [0.2, 0.25) is 0 Å². The van der Waals surface area contributed by atoms with E-state index in [1.54, 1.807) is 12.1 Å². The van der Waals surface area contributed by atoms with Gasteiger partial charge in [-0.25, -0.2) is 13.1 Å². The summed E-state index contributed by atoms with van der Waals surface area (Å²) in [6.07, 6.45) is 0.810. The van der Waals surface area contributed by atoms with E-state index in [-0.39, 0.29) is 17.3 Å². The third-order valence-corrected chi connectivity index (χ3v) is 3.96. The quantitative estimate of drug-likeness (QED) is 0.666. The van der Waals surface area contributed by atoms with Crippen molar-refractivity contribution < 1.29 is 13.2 Å². The number of carbonyl (C=O) groups excluding carboxylic acids is 1. The number of carbonyl (C=O) groups is 1. The molecule has 0 saturated carbocycles. The highest BCUT2D eigenvalue weighted by atomic mass is 32.2. The number of nitrogens with one attached hydrogen (secondary N) is 3. The molecule has 0 unspecified atom stereocenters. The summed E-state index contributed by atoms with van der Waals surface area (Å²) in [5.74, 6) is -0.334. The van der Waals surface area contributed by atoms with Gasteiger partial charge in [0.15, 0.2) is 0 Å². The highest BCUT2D eigenvalue weighted by Gasteiger charge is 2.14. The van der Waals surface area contributed by atoms with Gasteiger partial charge in [0.1, 0.15) is 0 Å². The van der Waals surface area contributed by atoms with Crippen LogP contribution in [0.5, 0.6) is 0 Å². The van der Waals surface area contributed by atoms with E-state index >= 15 is 0 Å². The summed E-state index contributed by atoms with van der Waals surface area (Å²) in [5, 5.41) is 5.69. The molecule has 0 aliphatic heterocycles. The molecule has 1 aromatic rings. The highest BCUT2D eigenvalue weighted by molar-refractivity contribution is 7.89. The van der Waals surface area contributed by atoms with E-state index in [1.165, 1.54) is 12.1 Å². The van der Waals surface area contributed by atoms with E-state index in [2.05, 4.69) is 15.4 Å². The minimum absolute atomic E-state index is 0.141. The van der Waals surface area contributed by atoms with Crippen LogP contribution >= 0.6 is 0 Å². The lowest BCUT2D eigenvalue weighted by Gasteiger charge is -2.08. The smallest absolute Gasteiger partial charge is 0.241 e. The zero-order chi connectivity index (χ0) is 15.0. The molecule has 0 fully saturated rings. The molecule has 0 bridgehead atoms. The minimum Gasteiger partial charge on any atom is -0.385 e. The van der Waals surface area contributed by atoms with Crippen molar-refractivity contribution in [3.8, 4) is 0 Å². The lowest BCUT2D eigenvalue weighted by molar-refractivity contribution is -0.119. The Morgan fingerprint density at radius 2 is 1.80 bits per heavy atom. The average Bonchev–Trinajstić information content (AvgIpc) is 2.44. The van der Waals surface area contributed by atoms with E-state index in [0.29, 0.717) is 6.54 Å². The minimum atomic E-state index is -3.65. The van der Waals surface area contributed by atoms with E-state index in [4.69, 9.17) is 0 Å². The van der Waals surface area contributed by atoms with E-state index in [0.717, 1.165) is 18.7 Å². The Kier molecular flexibility index (Phi) is 6.47. The largest absolute Gasteiger partial charge is 0.385 e. The second-order valence-corrected chi connectivity index (χ2v) is 6.00. The third kappa shape index (κ3) is 5.18. The van der Waals surface area contributed by atoms with Crippen LogP contribution in [-0.2, 0) is 14.8 Å². The number of sulfonamides is 1. The molecule has 0 aliphatic carbocycles. The number of hydrogen-bond donors (Lipinski definition) is 3. The summed E-state index contributed by atoms with van der Waals surface area (Å²) in [7, 11) is -3.65. The SMILES string of the molecule is CCCNC(=O)CNS(=O)(=O)c1ccc(NCC)cc1. The maximum absolute atomic E-state index is 12.0. The first-order chi connectivity index (χ1) is 9.49. The van der Waals surface area contributed by atoms with E-state index < -0.39 is 10.0 Å². The fraction of sp³-hybridized carbons (Fsp3) is 0.462. The van der Waals surface area contributed by atoms with Gasteiger partial charge in [-0.15, -0.1) is 0 Å². The molecule has 0 saturated heterocycles. The van der Waals surface area contributed by atoms with Crippen molar-refractivity contribution in [2.24, 2.45) is 0 Å². The molecule has 1 amide bonds. The highest BCUT2D eigenvalue weighted by Crippen LogP contribution is 2.13. The topological polar surface area (TPSA) is 87.3 Å². The first kappa shape index (κ1) is 16.5. The zero-order valence-corrected chi connectivity index (χ0v) is 12.6. The standard InChI is InChI=1S/C13H21N3O3S/c1-3-9-15-13(17)10-16-20(18,19)12-7-5-11(6-8-12)14-4-2/h5-8,14,16H,3-4,9-10H2,1-2H3,(H,15,17). The summed E-state index contributed by atoms with van der Waals surface area (Å²) in [5.41, 5.74) is 0.854. The van der Waals surface area contributed by atoms with E-state index in [9.17, 15) is 13.2 Å². The van der Waals surface area contributed by atoms with Crippen LogP contribution in [0.1, 0.15) is 20.3 Å². The summed E-state index contributed by atoms with van der Waals surface area (Å²) in [6, 6.07) is 6.39. The van der Waals surface area contributed by atoms with Crippen LogP contribution < -0.4 is 15.4 Å². The molecule has 0 aromatic heterocycles. The zero-order valence-electron chi connectivity index (χ0n) is 11.8. The Balaban J connectivity index is 2.62. The molecule has 3 N–H and O–H groups in total. The van der Waals surface area contributed by atoms with Gasteiger partial charge in [0, 0.05) is 18.8 Å². The molecule has 0 spiro atoms. The maximum Gasteiger partial charge on any atom is 0.241 e. The van der Waals surface area contributed by atoms with Crippen molar-refractivity contribution in [1.29, 1.82) is 0 Å². The molecule has 112 valence electrons. The van der Waals surface area contributed by atoms with Crippen LogP contribution in [0, 0.1) is 0 Å². The number of benzene rings is 1. The molecule has 0 aliphatic rings. The number of hydrogen-bond acceptors (Lipinski definition) is 4. The molecule has 1 rings (SSSR count). The van der Waals surface area contributed by atoms with Crippen molar-refractivity contribution in [1.82, 2.24) is 10.0 Å². The lowest BCUT2D eigenvalue weighted by atomic mass is 10.3. The lowest BCUT2D eigenvalue weighted by Crippen LogP contribution is -2.37. The van der Waals surface area contributed by atoms with Crippen molar-refractivity contribution in [2.75, 3.05) is 25.0 Å². The molecular weight excluding hydrogens is 278 g/mol. The average molecular weight is 299 g/mol. The van der Waals surface area contributed by atoms with Crippen molar-refractivity contribution in [2.45, 2.75) is 25.2 Å². The molecule has 6 nitrogen and oxygen atoms in total. The normalized spacial score (nSPS) is 11.1. The Labute approximate surface area is 120 Å². The summed E-state index contributed by atoms with van der Waals surface area (Å²) < 4.78 is 26.2. The second kappa shape index (κ2) is 7.86. The molecular formula is C13H21N3O3S. The molecule has 20 heavy (non-hydrogen) atoms. The summed E-state index contributed by atoms with van der Waals surface area (Å²) in [4.78, 5) is 11.5. The van der Waals surface area contributed by atoms with Gasteiger partial charge in [0.05, 0.1) is 11.4 Å². The first-order valence-corrected chi connectivity index (χ1v) is 8.08. The Morgan fingerprint density at radius 1 is 1.15 bits per heavy atom. The Hall–Kier alpha value is -1.60. The first-order valence-electron chi connectivity index (χ1n) is 6.60. The predicted octanol–water partition coefficient (Wildman–Crippen LogP) is 0.923. The van der Waals surface area contributed by atoms with Gasteiger partial charge in [-0.05, 0) is 37.6 Å². The maximum atomic E-state index is 12.0. The molecule has 0 atom stereocenters. The van der Waals surface area contributed by atoms with Gasteiger partial charge in [-0.2, -0.15) is 0 Å². The van der Waals surface area contributed by atoms with Gasteiger partial charge in [0.25, 0.3) is 0 Å². The van der Waals surface area contributed by atoms with Crippen LogP contribution in [-0.4, -0.2) is 34.0 Å². The van der Waals surface area contributed by atoms with Crippen LogP contribution in [0.3, 0.4) is 0 Å². The van der Waals surface area contributed by atoms with Gasteiger partial charge in [0.2, 0.25) is 15.9 Å². The fourth-order valence-electron chi connectivity index (χ4n) is 1.53. The molecule has 0 radical (unpaired) electrons. The number of amides is 1. The van der Waals surface area contributed by atoms with E-state index in [1.807, 2.05) is 13.8 Å². The molecule has 7 heteroatoms. The van der Waals surface area contributed by atoms with Gasteiger partial charge in [-0.3, -0.25) is 4.79 Å². The number of anilines is 1. The van der Waals surface area contributed by atoms with Crippen LogP contribution in [0.25, 0.3) is 0 Å². The van der Waals surface area contributed by atoms with Gasteiger partial charge < -0.3 is 10.6 Å². The van der Waals surface area contributed by atoms with Gasteiger partial charge >= 0.3 is 0 Å². The Bertz CT molecular complexity index is 526. The fourth-order valence-corrected chi connectivity index (χ4v) is 2.51. The molecule has 0 heterocycles. The monoisotopic (exact) mass is 299 g/mol. The summed E-state index contributed by atoms with van der Waals surface area (Å²) in [6.45, 7) is 4.94. The second-order valence-electron chi connectivity index (χ2n) is 4.23. The van der Waals surface area contributed by atoms with Crippen LogP contribution in [0.15, 0.2) is 29.2 Å². The Morgan fingerprint density at radius 3 is 2.35 bits per heavy atom. The van der Waals surface area contributed by atoms with Gasteiger partial charge in [-0.1, -0.05) is 6.92 Å². The predicted molar refractivity (Wildman–Crippen MR) is 79.1 cm³/mol. The van der Waals surface area contributed by atoms with Crippen molar-refractivity contribution in [3.05, 3.63) is 24.3 Å². The van der Waals surface area contributed by atoms with Crippen LogP contribution in [0.4, 0.5) is 5.69 Å². The third-order valence-electron chi connectivity index (χ3n) is 2.54.